The summed E-state index contributed by atoms with van der Waals surface area (Å²) in [4.78, 5) is 5.36. The number of aromatic nitrogens is 1. The van der Waals surface area contributed by atoms with E-state index >= 15 is 0 Å². The minimum atomic E-state index is 0.0242. The van der Waals surface area contributed by atoms with E-state index in [-0.39, 0.29) is 6.04 Å². The van der Waals surface area contributed by atoms with E-state index in [2.05, 4.69) is 34.0 Å². The quantitative estimate of drug-likeness (QED) is 0.559. The fraction of sp³-hybridized carbons (Fsp3) is 0.0714. The lowest BCUT2D eigenvalue weighted by atomic mass is 9.99. The van der Waals surface area contributed by atoms with Crippen molar-refractivity contribution in [3.05, 3.63) is 64.6 Å². The van der Waals surface area contributed by atoms with Crippen LogP contribution < -0.4 is 11.3 Å². The molecular formula is C14H13N3S. The molecule has 1 aromatic carbocycles. The van der Waals surface area contributed by atoms with Crippen molar-refractivity contribution < 1.29 is 0 Å². The van der Waals surface area contributed by atoms with Crippen LogP contribution in [0.25, 0.3) is 10.8 Å². The second kappa shape index (κ2) is 4.86. The fourth-order valence-electron chi connectivity index (χ4n) is 2.18. The van der Waals surface area contributed by atoms with E-state index in [0.717, 1.165) is 5.39 Å². The van der Waals surface area contributed by atoms with Gasteiger partial charge in [0.2, 0.25) is 0 Å². The van der Waals surface area contributed by atoms with Crippen molar-refractivity contribution >= 4 is 22.1 Å². The monoisotopic (exact) mass is 255 g/mol. The lowest BCUT2D eigenvalue weighted by Gasteiger charge is -2.16. The molecule has 0 radical (unpaired) electrons. The number of rotatable bonds is 3. The second-order valence-electron chi connectivity index (χ2n) is 4.06. The van der Waals surface area contributed by atoms with Gasteiger partial charge in [-0.3, -0.25) is 10.8 Å². The Bertz CT molecular complexity index is 644. The van der Waals surface area contributed by atoms with Gasteiger partial charge in [-0.15, -0.1) is 11.3 Å². The Morgan fingerprint density at radius 1 is 1.17 bits per heavy atom. The predicted molar refractivity (Wildman–Crippen MR) is 75.2 cm³/mol. The summed E-state index contributed by atoms with van der Waals surface area (Å²) in [7, 11) is 0. The smallest absolute Gasteiger partial charge is 0.0808 e. The van der Waals surface area contributed by atoms with Crippen LogP contribution in [0, 0.1) is 0 Å². The van der Waals surface area contributed by atoms with Gasteiger partial charge in [-0.1, -0.05) is 24.3 Å². The van der Waals surface area contributed by atoms with E-state index in [1.165, 1.54) is 15.8 Å². The summed E-state index contributed by atoms with van der Waals surface area (Å²) in [6.45, 7) is 0. The highest BCUT2D eigenvalue weighted by Gasteiger charge is 2.15. The Balaban J connectivity index is 2.18. The zero-order chi connectivity index (χ0) is 12.4. The highest BCUT2D eigenvalue weighted by atomic mass is 32.1. The molecule has 0 aliphatic carbocycles. The maximum atomic E-state index is 5.73. The molecule has 3 aromatic rings. The molecule has 90 valence electrons. The lowest BCUT2D eigenvalue weighted by molar-refractivity contribution is 0.650. The normalized spacial score (nSPS) is 12.7. The molecule has 0 bridgehead atoms. The Kier molecular flexibility index (Phi) is 3.06. The average molecular weight is 255 g/mol. The number of hydrogen-bond donors (Lipinski definition) is 2. The number of hydrazine groups is 1. The van der Waals surface area contributed by atoms with Crippen LogP contribution in [0.1, 0.15) is 16.5 Å². The zero-order valence-corrected chi connectivity index (χ0v) is 10.5. The van der Waals surface area contributed by atoms with Gasteiger partial charge >= 0.3 is 0 Å². The third-order valence-electron chi connectivity index (χ3n) is 3.02. The molecule has 0 fully saturated rings. The van der Waals surface area contributed by atoms with Gasteiger partial charge in [0.1, 0.15) is 0 Å². The molecule has 3 nitrogen and oxygen atoms in total. The van der Waals surface area contributed by atoms with Gasteiger partial charge in [-0.2, -0.15) is 0 Å². The summed E-state index contributed by atoms with van der Waals surface area (Å²) >= 11 is 1.70. The molecule has 0 saturated carbocycles. The SMILES string of the molecule is NNC(c1cccs1)c1cccc2cnccc12. The molecule has 4 heteroatoms. The van der Waals surface area contributed by atoms with Gasteiger partial charge in [0.15, 0.2) is 0 Å². The van der Waals surface area contributed by atoms with Crippen molar-refractivity contribution in [2.24, 2.45) is 5.84 Å². The molecule has 0 spiro atoms. The van der Waals surface area contributed by atoms with Crippen LogP contribution in [0.2, 0.25) is 0 Å². The minimum Gasteiger partial charge on any atom is -0.271 e. The zero-order valence-electron chi connectivity index (χ0n) is 9.71. The average Bonchev–Trinajstić information content (AvgIpc) is 2.94. The van der Waals surface area contributed by atoms with Gasteiger partial charge in [-0.05, 0) is 28.5 Å². The summed E-state index contributed by atoms with van der Waals surface area (Å²) in [6, 6.07) is 12.4. The first-order valence-corrected chi connectivity index (χ1v) is 6.60. The molecule has 3 rings (SSSR count). The first-order valence-electron chi connectivity index (χ1n) is 5.72. The van der Waals surface area contributed by atoms with Gasteiger partial charge in [0, 0.05) is 22.7 Å². The summed E-state index contributed by atoms with van der Waals surface area (Å²) < 4.78 is 0. The van der Waals surface area contributed by atoms with Gasteiger partial charge in [-0.25, -0.2) is 5.43 Å². The number of nitrogens with one attached hydrogen (secondary N) is 1. The van der Waals surface area contributed by atoms with E-state index in [1.807, 2.05) is 30.6 Å². The van der Waals surface area contributed by atoms with Crippen molar-refractivity contribution in [2.45, 2.75) is 6.04 Å². The fourth-order valence-corrected chi connectivity index (χ4v) is 2.98. The van der Waals surface area contributed by atoms with E-state index < -0.39 is 0 Å². The highest BCUT2D eigenvalue weighted by molar-refractivity contribution is 7.10. The number of fused-ring (bicyclic) bond motifs is 1. The largest absolute Gasteiger partial charge is 0.271 e. The molecule has 18 heavy (non-hydrogen) atoms. The lowest BCUT2D eigenvalue weighted by Crippen LogP contribution is -2.28. The van der Waals surface area contributed by atoms with Crippen molar-refractivity contribution in [3.63, 3.8) is 0 Å². The van der Waals surface area contributed by atoms with Gasteiger partial charge in [0.25, 0.3) is 0 Å². The van der Waals surface area contributed by atoms with Gasteiger partial charge < -0.3 is 0 Å². The molecule has 1 unspecified atom stereocenters. The van der Waals surface area contributed by atoms with Crippen molar-refractivity contribution in [1.82, 2.24) is 10.4 Å². The van der Waals surface area contributed by atoms with Crippen LogP contribution in [-0.4, -0.2) is 4.98 Å². The first kappa shape index (κ1) is 11.3. The van der Waals surface area contributed by atoms with Crippen LogP contribution >= 0.6 is 11.3 Å². The van der Waals surface area contributed by atoms with E-state index in [0.29, 0.717) is 0 Å². The maximum absolute atomic E-state index is 5.73. The van der Waals surface area contributed by atoms with Crippen LogP contribution in [0.5, 0.6) is 0 Å². The molecule has 3 N–H and O–H groups in total. The van der Waals surface area contributed by atoms with E-state index in [1.54, 1.807) is 11.3 Å². The van der Waals surface area contributed by atoms with E-state index in [9.17, 15) is 0 Å². The predicted octanol–water partition coefficient (Wildman–Crippen LogP) is 2.85. The Hall–Kier alpha value is -1.75. The maximum Gasteiger partial charge on any atom is 0.0808 e. The molecule has 0 aliphatic rings. The third-order valence-corrected chi connectivity index (χ3v) is 3.96. The Morgan fingerprint density at radius 3 is 2.89 bits per heavy atom. The number of benzene rings is 1. The van der Waals surface area contributed by atoms with Crippen LogP contribution in [-0.2, 0) is 0 Å². The van der Waals surface area contributed by atoms with Crippen molar-refractivity contribution in [2.75, 3.05) is 0 Å². The van der Waals surface area contributed by atoms with Gasteiger partial charge in [0.05, 0.1) is 6.04 Å². The third kappa shape index (κ3) is 1.90. The number of nitrogens with zero attached hydrogens (tertiary/aromatic N) is 1. The molecule has 0 amide bonds. The summed E-state index contributed by atoms with van der Waals surface area (Å²) in [5.74, 6) is 5.73. The van der Waals surface area contributed by atoms with Crippen LogP contribution in [0.15, 0.2) is 54.2 Å². The number of pyridine rings is 1. The van der Waals surface area contributed by atoms with Crippen molar-refractivity contribution in [1.29, 1.82) is 0 Å². The number of hydrogen-bond acceptors (Lipinski definition) is 4. The summed E-state index contributed by atoms with van der Waals surface area (Å²) in [5, 5.41) is 4.38. The summed E-state index contributed by atoms with van der Waals surface area (Å²) in [5.41, 5.74) is 4.08. The Morgan fingerprint density at radius 2 is 2.11 bits per heavy atom. The second-order valence-corrected chi connectivity index (χ2v) is 5.04. The molecule has 0 saturated heterocycles. The Labute approximate surface area is 109 Å². The number of nitrogens with two attached hydrogens (primary N) is 1. The summed E-state index contributed by atoms with van der Waals surface area (Å²) in [6.07, 6.45) is 3.69. The standard InChI is InChI=1S/C14H13N3S/c15-17-14(13-5-2-8-18-13)12-4-1-3-10-9-16-7-6-11(10)12/h1-9,14,17H,15H2. The molecule has 0 aliphatic heterocycles. The highest BCUT2D eigenvalue weighted by Crippen LogP contribution is 2.30. The topological polar surface area (TPSA) is 50.9 Å². The molecular weight excluding hydrogens is 242 g/mol. The molecule has 2 aromatic heterocycles. The van der Waals surface area contributed by atoms with Crippen molar-refractivity contribution in [3.8, 4) is 0 Å². The minimum absolute atomic E-state index is 0.0242. The van der Waals surface area contributed by atoms with Crippen LogP contribution in [0.3, 0.4) is 0 Å². The molecule has 2 heterocycles. The first-order chi connectivity index (χ1) is 8.90. The molecule has 1 atom stereocenters. The number of thiophene rings is 1. The van der Waals surface area contributed by atoms with E-state index in [4.69, 9.17) is 5.84 Å². The van der Waals surface area contributed by atoms with Crippen LogP contribution in [0.4, 0.5) is 0 Å².